The van der Waals surface area contributed by atoms with E-state index >= 15 is 0 Å². The van der Waals surface area contributed by atoms with Crippen molar-refractivity contribution >= 4 is 30.8 Å². The molecule has 2 aliphatic rings. The van der Waals surface area contributed by atoms with Crippen LogP contribution >= 0.6 is 24.8 Å². The summed E-state index contributed by atoms with van der Waals surface area (Å²) in [5.41, 5.74) is 4.67. The summed E-state index contributed by atoms with van der Waals surface area (Å²) in [6.45, 7) is 6.50. The minimum Gasteiger partial charge on any atom is -0.465 e. The van der Waals surface area contributed by atoms with Crippen LogP contribution in [-0.2, 0) is 11.3 Å². The minimum atomic E-state index is -0.267. The van der Waals surface area contributed by atoms with Gasteiger partial charge in [0.2, 0.25) is 0 Å². The summed E-state index contributed by atoms with van der Waals surface area (Å²) in [4.78, 5) is 16.9. The fraction of sp³-hybridized carbons (Fsp3) is 0.435. The van der Waals surface area contributed by atoms with E-state index in [1.165, 1.54) is 23.8 Å². The van der Waals surface area contributed by atoms with Crippen molar-refractivity contribution in [1.29, 1.82) is 0 Å². The van der Waals surface area contributed by atoms with Gasteiger partial charge in [-0.25, -0.2) is 4.79 Å². The van der Waals surface area contributed by atoms with Gasteiger partial charge in [0.25, 0.3) is 0 Å². The first-order valence-corrected chi connectivity index (χ1v) is 9.72. The van der Waals surface area contributed by atoms with E-state index in [2.05, 4.69) is 54.1 Å². The van der Waals surface area contributed by atoms with Gasteiger partial charge in [0.05, 0.1) is 12.7 Å². The number of fused-ring (bicyclic) bond motifs is 1. The molecule has 2 aromatic carbocycles. The predicted molar refractivity (Wildman–Crippen MR) is 121 cm³/mol. The second kappa shape index (κ2) is 9.94. The zero-order valence-electron chi connectivity index (χ0n) is 17.2. The van der Waals surface area contributed by atoms with Crippen molar-refractivity contribution in [2.45, 2.75) is 19.5 Å². The molecule has 29 heavy (non-hydrogen) atoms. The number of hydrogen-bond acceptors (Lipinski definition) is 4. The fourth-order valence-corrected chi connectivity index (χ4v) is 5.04. The largest absolute Gasteiger partial charge is 0.465 e. The molecule has 2 saturated heterocycles. The van der Waals surface area contributed by atoms with Crippen LogP contribution in [0, 0.1) is 18.8 Å². The molecule has 0 radical (unpaired) electrons. The Morgan fingerprint density at radius 1 is 1.07 bits per heavy atom. The molecule has 0 aromatic heterocycles. The molecule has 3 atom stereocenters. The van der Waals surface area contributed by atoms with Crippen LogP contribution in [0.4, 0.5) is 0 Å². The van der Waals surface area contributed by atoms with Gasteiger partial charge in [-0.1, -0.05) is 36.4 Å². The third kappa shape index (κ3) is 4.77. The quantitative estimate of drug-likeness (QED) is 0.666. The van der Waals surface area contributed by atoms with E-state index in [9.17, 15) is 4.79 Å². The van der Waals surface area contributed by atoms with Gasteiger partial charge in [0.1, 0.15) is 0 Å². The highest BCUT2D eigenvalue weighted by Crippen LogP contribution is 2.45. The first kappa shape index (κ1) is 23.7. The third-order valence-electron chi connectivity index (χ3n) is 6.23. The number of hydrogen-bond donors (Lipinski definition) is 0. The second-order valence-corrected chi connectivity index (χ2v) is 8.05. The highest BCUT2D eigenvalue weighted by atomic mass is 35.5. The summed E-state index contributed by atoms with van der Waals surface area (Å²) in [7, 11) is 3.69. The Morgan fingerprint density at radius 2 is 1.83 bits per heavy atom. The number of likely N-dealkylation sites (tertiary alicyclic amines) is 2. The number of benzene rings is 2. The van der Waals surface area contributed by atoms with Gasteiger partial charge in [-0.15, -0.1) is 24.8 Å². The summed E-state index contributed by atoms with van der Waals surface area (Å²) in [5, 5.41) is 0. The van der Waals surface area contributed by atoms with Crippen LogP contribution in [0.5, 0.6) is 0 Å². The Balaban J connectivity index is 0.00000150. The maximum Gasteiger partial charge on any atom is 0.337 e. The molecule has 2 aromatic rings. The first-order chi connectivity index (χ1) is 13.1. The van der Waals surface area contributed by atoms with Crippen molar-refractivity contribution in [1.82, 2.24) is 9.80 Å². The molecule has 4 rings (SSSR count). The molecule has 6 heteroatoms. The second-order valence-electron chi connectivity index (χ2n) is 8.05. The van der Waals surface area contributed by atoms with Crippen molar-refractivity contribution in [3.63, 3.8) is 0 Å². The molecule has 0 bridgehead atoms. The Morgan fingerprint density at radius 3 is 2.55 bits per heavy atom. The predicted octanol–water partition coefficient (Wildman–Crippen LogP) is 4.36. The number of halogens is 2. The van der Waals surface area contributed by atoms with Crippen molar-refractivity contribution in [2.24, 2.45) is 11.8 Å². The van der Waals surface area contributed by atoms with Crippen molar-refractivity contribution < 1.29 is 9.53 Å². The summed E-state index contributed by atoms with van der Waals surface area (Å²) < 4.78 is 4.85. The monoisotopic (exact) mass is 436 g/mol. The molecular weight excluding hydrogens is 407 g/mol. The van der Waals surface area contributed by atoms with Crippen LogP contribution in [-0.4, -0.2) is 49.6 Å². The summed E-state index contributed by atoms with van der Waals surface area (Å²) in [5.74, 6) is 1.11. The fourth-order valence-electron chi connectivity index (χ4n) is 5.04. The number of ether oxygens (including phenoxy) is 1. The Labute approximate surface area is 186 Å². The normalized spacial score (nSPS) is 23.8. The first-order valence-electron chi connectivity index (χ1n) is 9.72. The molecule has 2 fully saturated rings. The lowest BCUT2D eigenvalue weighted by Gasteiger charge is -2.28. The summed E-state index contributed by atoms with van der Waals surface area (Å²) in [6.07, 6.45) is 0. The molecule has 2 aliphatic heterocycles. The molecule has 0 N–H and O–H groups in total. The van der Waals surface area contributed by atoms with Gasteiger partial charge in [0, 0.05) is 32.2 Å². The topological polar surface area (TPSA) is 32.8 Å². The number of nitrogens with zero attached hydrogens (tertiary/aromatic N) is 2. The average molecular weight is 437 g/mol. The summed E-state index contributed by atoms with van der Waals surface area (Å²) in [6, 6.07) is 17.1. The van der Waals surface area contributed by atoms with Crippen molar-refractivity contribution in [2.75, 3.05) is 33.8 Å². The lowest BCUT2D eigenvalue weighted by molar-refractivity contribution is 0.0600. The van der Waals surface area contributed by atoms with Crippen LogP contribution in [0.25, 0.3) is 0 Å². The molecule has 0 aliphatic carbocycles. The Hall–Kier alpha value is -1.59. The zero-order valence-corrected chi connectivity index (χ0v) is 18.8. The van der Waals surface area contributed by atoms with Gasteiger partial charge in [-0.05, 0) is 54.6 Å². The van der Waals surface area contributed by atoms with E-state index in [4.69, 9.17) is 4.74 Å². The van der Waals surface area contributed by atoms with E-state index in [0.717, 1.165) is 26.2 Å². The molecule has 0 spiro atoms. The van der Waals surface area contributed by atoms with Gasteiger partial charge in [-0.2, -0.15) is 0 Å². The third-order valence-corrected chi connectivity index (χ3v) is 6.23. The maximum atomic E-state index is 11.8. The number of carbonyl (C=O) groups excluding carboxylic acids is 1. The molecule has 158 valence electrons. The molecule has 4 nitrogen and oxygen atoms in total. The molecular formula is C23H30Cl2N2O2. The van der Waals surface area contributed by atoms with Crippen LogP contribution in [0.15, 0.2) is 48.5 Å². The average Bonchev–Trinajstić information content (AvgIpc) is 3.17. The van der Waals surface area contributed by atoms with Gasteiger partial charge in [-0.3, -0.25) is 9.80 Å². The molecule has 0 amide bonds. The lowest BCUT2D eigenvalue weighted by Crippen LogP contribution is -2.29. The molecule has 0 unspecified atom stereocenters. The van der Waals surface area contributed by atoms with E-state index in [1.54, 1.807) is 0 Å². The SMILES string of the molecule is COC(=O)c1cccc(CN2C[C@@H]3CN(C)[C@H](c4ccccc4C)[C@@H]3C2)c1.Cl.Cl. The Kier molecular flexibility index (Phi) is 8.12. The van der Waals surface area contributed by atoms with Crippen molar-refractivity contribution in [3.05, 3.63) is 70.8 Å². The zero-order chi connectivity index (χ0) is 19.0. The van der Waals surface area contributed by atoms with E-state index in [0.29, 0.717) is 23.4 Å². The molecule has 2 heterocycles. The number of esters is 1. The number of carbonyl (C=O) groups is 1. The van der Waals surface area contributed by atoms with E-state index < -0.39 is 0 Å². The van der Waals surface area contributed by atoms with Gasteiger partial charge < -0.3 is 4.74 Å². The van der Waals surface area contributed by atoms with Crippen molar-refractivity contribution in [3.8, 4) is 0 Å². The van der Waals surface area contributed by atoms with Gasteiger partial charge >= 0.3 is 5.97 Å². The molecule has 0 saturated carbocycles. The number of aryl methyl sites for hydroxylation is 1. The van der Waals surface area contributed by atoms with E-state index in [-0.39, 0.29) is 30.8 Å². The lowest BCUT2D eigenvalue weighted by atomic mass is 9.88. The van der Waals surface area contributed by atoms with Crippen LogP contribution in [0.1, 0.15) is 33.1 Å². The van der Waals surface area contributed by atoms with E-state index in [1.807, 2.05) is 18.2 Å². The van der Waals surface area contributed by atoms with Crippen LogP contribution in [0.3, 0.4) is 0 Å². The smallest absolute Gasteiger partial charge is 0.337 e. The Bertz CT molecular complexity index is 845. The standard InChI is InChI=1S/C23H28N2O2.2ClH/c1-16-7-4-5-10-20(16)22-21-15-25(14-19(21)13-24(22)2)12-17-8-6-9-18(11-17)23(26)27-3;;/h4-11,19,21-22H,12-15H2,1-3H3;2*1H/t19-,21+,22+;;/m0../s1. The minimum absolute atomic E-state index is 0. The summed E-state index contributed by atoms with van der Waals surface area (Å²) >= 11 is 0. The highest BCUT2D eigenvalue weighted by molar-refractivity contribution is 5.89. The van der Waals surface area contributed by atoms with Crippen LogP contribution < -0.4 is 0 Å². The number of methoxy groups -OCH3 is 1. The van der Waals surface area contributed by atoms with Crippen LogP contribution in [0.2, 0.25) is 0 Å². The number of rotatable bonds is 4. The highest BCUT2D eigenvalue weighted by Gasteiger charge is 2.46. The van der Waals surface area contributed by atoms with Gasteiger partial charge in [0.15, 0.2) is 0 Å². The maximum absolute atomic E-state index is 11.8.